The number of fused-ring (bicyclic) bond motifs is 1. The average molecular weight is 311 g/mol. The average Bonchev–Trinajstić information content (AvgIpc) is 2.61. The fraction of sp³-hybridized carbons (Fsp3) is 0.222. The molecule has 1 N–H and O–H groups in total. The Bertz CT molecular complexity index is 714. The van der Waals surface area contributed by atoms with Crippen LogP contribution >= 0.6 is 0 Å². The summed E-state index contributed by atoms with van der Waals surface area (Å²) in [6.07, 6.45) is 0.0278. The van der Waals surface area contributed by atoms with E-state index in [1.54, 1.807) is 18.2 Å². The molecule has 0 bridgehead atoms. The molecule has 1 amide bonds. The van der Waals surface area contributed by atoms with E-state index in [4.69, 9.17) is 9.47 Å². The summed E-state index contributed by atoms with van der Waals surface area (Å²) in [6.45, 7) is 2.03. The van der Waals surface area contributed by atoms with E-state index >= 15 is 0 Å². The van der Waals surface area contributed by atoms with Crippen LogP contribution in [0.3, 0.4) is 0 Å². The van der Waals surface area contributed by atoms with E-state index in [0.29, 0.717) is 17.1 Å². The van der Waals surface area contributed by atoms with Crippen molar-refractivity contribution in [2.75, 3.05) is 6.61 Å². The van der Waals surface area contributed by atoms with Gasteiger partial charge < -0.3 is 14.8 Å². The zero-order chi connectivity index (χ0) is 16.2. The zero-order valence-corrected chi connectivity index (χ0v) is 12.7. The molecular formula is C18H17NO4. The lowest BCUT2D eigenvalue weighted by Crippen LogP contribution is -2.44. The minimum absolute atomic E-state index is 0.114. The molecule has 0 spiro atoms. The van der Waals surface area contributed by atoms with Gasteiger partial charge in [-0.2, -0.15) is 0 Å². The fourth-order valence-electron chi connectivity index (χ4n) is 2.42. The van der Waals surface area contributed by atoms with Crippen LogP contribution in [0.2, 0.25) is 0 Å². The van der Waals surface area contributed by atoms with Crippen molar-refractivity contribution in [3.8, 4) is 11.5 Å². The molecule has 2 aromatic carbocycles. The molecule has 5 heteroatoms. The van der Waals surface area contributed by atoms with Crippen LogP contribution in [-0.4, -0.2) is 24.9 Å². The summed E-state index contributed by atoms with van der Waals surface area (Å²) in [7, 11) is 0. The van der Waals surface area contributed by atoms with Gasteiger partial charge in [-0.15, -0.1) is 0 Å². The van der Waals surface area contributed by atoms with Crippen LogP contribution in [0.5, 0.6) is 11.5 Å². The molecule has 3 rings (SSSR count). The molecule has 5 nitrogen and oxygen atoms in total. The van der Waals surface area contributed by atoms with Gasteiger partial charge in [0, 0.05) is 5.56 Å². The van der Waals surface area contributed by atoms with E-state index in [2.05, 4.69) is 5.32 Å². The molecule has 0 saturated heterocycles. The Balaban J connectivity index is 1.66. The highest BCUT2D eigenvalue weighted by molar-refractivity contribution is 5.82. The van der Waals surface area contributed by atoms with E-state index in [1.807, 2.05) is 37.3 Å². The van der Waals surface area contributed by atoms with Gasteiger partial charge in [0.05, 0.1) is 6.04 Å². The first-order valence-electron chi connectivity index (χ1n) is 7.41. The summed E-state index contributed by atoms with van der Waals surface area (Å²) in [4.78, 5) is 23.1. The molecule has 1 aliphatic rings. The minimum atomic E-state index is -0.712. The molecule has 2 atom stereocenters. The van der Waals surface area contributed by atoms with E-state index in [9.17, 15) is 9.59 Å². The highest BCUT2D eigenvalue weighted by Gasteiger charge is 2.28. The summed E-state index contributed by atoms with van der Waals surface area (Å²) in [5.74, 6) is 0.718. The highest BCUT2D eigenvalue weighted by atomic mass is 16.6. The number of nitrogens with one attached hydrogen (secondary N) is 1. The molecule has 2 aromatic rings. The van der Waals surface area contributed by atoms with Crippen molar-refractivity contribution >= 4 is 12.2 Å². The number of aldehydes is 1. The van der Waals surface area contributed by atoms with Gasteiger partial charge in [0.1, 0.15) is 12.9 Å². The van der Waals surface area contributed by atoms with Gasteiger partial charge in [-0.25, -0.2) is 0 Å². The normalized spacial score (nSPS) is 17.2. The highest BCUT2D eigenvalue weighted by Crippen LogP contribution is 2.32. The van der Waals surface area contributed by atoms with Crippen LogP contribution in [0.1, 0.15) is 28.9 Å². The third-order valence-corrected chi connectivity index (χ3v) is 3.71. The van der Waals surface area contributed by atoms with E-state index in [0.717, 1.165) is 11.8 Å². The second-order valence-electron chi connectivity index (χ2n) is 5.38. The van der Waals surface area contributed by atoms with Gasteiger partial charge in [0.2, 0.25) is 6.10 Å². The standard InChI is InChI=1S/C18H17NO4/c1-12(14-5-3-2-4-6-14)19-18(21)17-11-22-16-9-13(10-20)7-8-15(16)23-17/h2-10,12,17H,11H2,1H3,(H,19,21)/t12-,17?/m1/s1. The van der Waals surface area contributed by atoms with Crippen LogP contribution in [0.4, 0.5) is 0 Å². The minimum Gasteiger partial charge on any atom is -0.485 e. The summed E-state index contributed by atoms with van der Waals surface area (Å²) >= 11 is 0. The van der Waals surface area contributed by atoms with Crippen LogP contribution < -0.4 is 14.8 Å². The quantitative estimate of drug-likeness (QED) is 0.881. The Morgan fingerprint density at radius 2 is 2.00 bits per heavy atom. The topological polar surface area (TPSA) is 64.6 Å². The molecule has 23 heavy (non-hydrogen) atoms. The third-order valence-electron chi connectivity index (χ3n) is 3.71. The van der Waals surface area contributed by atoms with Crippen molar-refractivity contribution in [1.82, 2.24) is 5.32 Å². The smallest absolute Gasteiger partial charge is 0.265 e. The maximum Gasteiger partial charge on any atom is 0.265 e. The molecule has 0 aliphatic carbocycles. The van der Waals surface area contributed by atoms with Gasteiger partial charge in [-0.1, -0.05) is 30.3 Å². The first kappa shape index (κ1) is 15.1. The molecule has 0 saturated carbocycles. The molecule has 1 unspecified atom stereocenters. The van der Waals surface area contributed by atoms with Gasteiger partial charge >= 0.3 is 0 Å². The Morgan fingerprint density at radius 1 is 1.22 bits per heavy atom. The molecule has 0 radical (unpaired) electrons. The largest absolute Gasteiger partial charge is 0.485 e. The Labute approximate surface area is 134 Å². The first-order valence-corrected chi connectivity index (χ1v) is 7.41. The van der Waals surface area contributed by atoms with Crippen molar-refractivity contribution < 1.29 is 19.1 Å². The molecule has 1 aliphatic heterocycles. The number of ether oxygens (including phenoxy) is 2. The Hall–Kier alpha value is -2.82. The van der Waals surface area contributed by atoms with Crippen LogP contribution in [0.15, 0.2) is 48.5 Å². The van der Waals surface area contributed by atoms with Gasteiger partial charge in [-0.3, -0.25) is 9.59 Å². The lowest BCUT2D eigenvalue weighted by Gasteiger charge is -2.27. The maximum atomic E-state index is 12.3. The van der Waals surface area contributed by atoms with Crippen molar-refractivity contribution in [3.63, 3.8) is 0 Å². The van der Waals surface area contributed by atoms with Gasteiger partial charge in [0.15, 0.2) is 11.5 Å². The van der Waals surface area contributed by atoms with Crippen molar-refractivity contribution in [2.45, 2.75) is 19.1 Å². The summed E-state index contributed by atoms with van der Waals surface area (Å²) in [5.41, 5.74) is 1.53. The van der Waals surface area contributed by atoms with E-state index < -0.39 is 6.10 Å². The molecule has 0 fully saturated rings. The monoisotopic (exact) mass is 311 g/mol. The fourth-order valence-corrected chi connectivity index (χ4v) is 2.42. The number of amides is 1. The maximum absolute atomic E-state index is 12.3. The van der Waals surface area contributed by atoms with E-state index in [-0.39, 0.29) is 18.6 Å². The van der Waals surface area contributed by atoms with Crippen LogP contribution in [-0.2, 0) is 4.79 Å². The number of hydrogen-bond acceptors (Lipinski definition) is 4. The van der Waals surface area contributed by atoms with Crippen molar-refractivity contribution in [3.05, 3.63) is 59.7 Å². The number of benzene rings is 2. The van der Waals surface area contributed by atoms with Crippen molar-refractivity contribution in [1.29, 1.82) is 0 Å². The van der Waals surface area contributed by atoms with Crippen LogP contribution in [0, 0.1) is 0 Å². The van der Waals surface area contributed by atoms with E-state index in [1.165, 1.54) is 0 Å². The van der Waals surface area contributed by atoms with Gasteiger partial charge in [-0.05, 0) is 30.7 Å². The third kappa shape index (κ3) is 3.34. The SMILES string of the molecule is C[C@@H](NC(=O)C1COc2cc(C=O)ccc2O1)c1ccccc1. The predicted molar refractivity (Wildman–Crippen MR) is 84.7 cm³/mol. The number of hydrogen-bond donors (Lipinski definition) is 1. The molecule has 118 valence electrons. The lowest BCUT2D eigenvalue weighted by molar-refractivity contribution is -0.131. The molecular weight excluding hydrogens is 294 g/mol. The number of carbonyl (C=O) groups is 2. The second kappa shape index (κ2) is 6.52. The predicted octanol–water partition coefficient (Wildman–Crippen LogP) is 2.52. The van der Waals surface area contributed by atoms with Gasteiger partial charge in [0.25, 0.3) is 5.91 Å². The Morgan fingerprint density at radius 3 is 2.74 bits per heavy atom. The summed E-state index contributed by atoms with van der Waals surface area (Å²) in [6, 6.07) is 14.5. The summed E-state index contributed by atoms with van der Waals surface area (Å²) < 4.78 is 11.2. The lowest BCUT2D eigenvalue weighted by atomic mass is 10.1. The summed E-state index contributed by atoms with van der Waals surface area (Å²) in [5, 5.41) is 2.92. The number of carbonyl (C=O) groups excluding carboxylic acids is 2. The Kier molecular flexibility index (Phi) is 4.28. The molecule has 1 heterocycles. The van der Waals surface area contributed by atoms with Crippen LogP contribution in [0.25, 0.3) is 0 Å². The van der Waals surface area contributed by atoms with Crippen molar-refractivity contribution in [2.24, 2.45) is 0 Å². The zero-order valence-electron chi connectivity index (χ0n) is 12.7. The second-order valence-corrected chi connectivity index (χ2v) is 5.38. The molecule has 0 aromatic heterocycles. The first-order chi connectivity index (χ1) is 11.2. The number of rotatable bonds is 4.